The van der Waals surface area contributed by atoms with Crippen LogP contribution >= 0.6 is 0 Å². The molecule has 0 aromatic heterocycles. The van der Waals surface area contributed by atoms with Gasteiger partial charge in [0, 0.05) is 32.1 Å². The van der Waals surface area contributed by atoms with E-state index in [1.807, 2.05) is 0 Å². The summed E-state index contributed by atoms with van der Waals surface area (Å²) in [7, 11) is 2.08. The molecular weight excluding hydrogens is 234 g/mol. The smallest absolute Gasteiger partial charge is 0.303 e. The van der Waals surface area contributed by atoms with Gasteiger partial charge in [0.05, 0.1) is 12.2 Å². The zero-order valence-corrected chi connectivity index (χ0v) is 11.1. The molecule has 0 bridgehead atoms. The van der Waals surface area contributed by atoms with Crippen LogP contribution in [-0.4, -0.2) is 61.0 Å². The van der Waals surface area contributed by atoms with Crippen LogP contribution in [0, 0.1) is 0 Å². The van der Waals surface area contributed by atoms with Crippen LogP contribution in [0.2, 0.25) is 0 Å². The molecule has 2 heterocycles. The fraction of sp³-hybridized carbons (Fsp3) is 0.923. The van der Waals surface area contributed by atoms with Crippen molar-refractivity contribution in [2.24, 2.45) is 0 Å². The summed E-state index contributed by atoms with van der Waals surface area (Å²) in [5.41, 5.74) is -0.0655. The number of ether oxygens (including phenoxy) is 2. The predicted molar refractivity (Wildman–Crippen MR) is 66.6 cm³/mol. The first kappa shape index (κ1) is 13.8. The van der Waals surface area contributed by atoms with Gasteiger partial charge in [0.1, 0.15) is 0 Å². The van der Waals surface area contributed by atoms with Crippen LogP contribution in [0.4, 0.5) is 0 Å². The SMILES string of the molecule is CN(CCCC(=O)O)C1CCOC2(CCOC2)C1. The van der Waals surface area contributed by atoms with Gasteiger partial charge in [0.25, 0.3) is 0 Å². The molecule has 2 unspecified atom stereocenters. The highest BCUT2D eigenvalue weighted by Crippen LogP contribution is 2.34. The summed E-state index contributed by atoms with van der Waals surface area (Å²) in [5.74, 6) is -0.712. The molecule has 0 aromatic rings. The van der Waals surface area contributed by atoms with Crippen molar-refractivity contribution in [3.63, 3.8) is 0 Å². The molecule has 2 aliphatic rings. The molecule has 1 spiro atoms. The number of carbonyl (C=O) groups is 1. The Bertz CT molecular complexity index is 289. The fourth-order valence-electron chi connectivity index (χ4n) is 2.90. The summed E-state index contributed by atoms with van der Waals surface area (Å²) in [5, 5.41) is 8.65. The Morgan fingerprint density at radius 3 is 3.00 bits per heavy atom. The summed E-state index contributed by atoms with van der Waals surface area (Å²) < 4.78 is 11.4. The predicted octanol–water partition coefficient (Wildman–Crippen LogP) is 1.12. The summed E-state index contributed by atoms with van der Waals surface area (Å²) in [4.78, 5) is 12.8. The van der Waals surface area contributed by atoms with Crippen molar-refractivity contribution in [1.82, 2.24) is 4.90 Å². The van der Waals surface area contributed by atoms with Gasteiger partial charge in [-0.2, -0.15) is 0 Å². The number of hydrogen-bond acceptors (Lipinski definition) is 4. The van der Waals surface area contributed by atoms with E-state index in [1.54, 1.807) is 0 Å². The number of aliphatic carboxylic acids is 1. The maximum Gasteiger partial charge on any atom is 0.303 e. The molecule has 1 N–H and O–H groups in total. The van der Waals surface area contributed by atoms with E-state index in [9.17, 15) is 4.79 Å². The zero-order valence-electron chi connectivity index (χ0n) is 11.1. The second-order valence-corrected chi connectivity index (χ2v) is 5.46. The Labute approximate surface area is 108 Å². The van der Waals surface area contributed by atoms with Crippen molar-refractivity contribution >= 4 is 5.97 Å². The monoisotopic (exact) mass is 257 g/mol. The van der Waals surface area contributed by atoms with Crippen LogP contribution in [0.15, 0.2) is 0 Å². The van der Waals surface area contributed by atoms with Crippen LogP contribution in [-0.2, 0) is 14.3 Å². The van der Waals surface area contributed by atoms with E-state index >= 15 is 0 Å². The number of hydrogen-bond donors (Lipinski definition) is 1. The maximum atomic E-state index is 10.5. The van der Waals surface area contributed by atoms with Gasteiger partial charge in [-0.15, -0.1) is 0 Å². The highest BCUT2D eigenvalue weighted by molar-refractivity contribution is 5.66. The number of carboxylic acids is 1. The molecule has 2 saturated heterocycles. The Morgan fingerprint density at radius 2 is 2.33 bits per heavy atom. The first-order valence-corrected chi connectivity index (χ1v) is 6.75. The lowest BCUT2D eigenvalue weighted by atomic mass is 9.89. The third-order valence-electron chi connectivity index (χ3n) is 4.06. The summed E-state index contributed by atoms with van der Waals surface area (Å²) in [6.45, 7) is 3.15. The highest BCUT2D eigenvalue weighted by Gasteiger charge is 2.41. The minimum Gasteiger partial charge on any atom is -0.481 e. The Morgan fingerprint density at radius 1 is 1.50 bits per heavy atom. The van der Waals surface area contributed by atoms with E-state index in [1.165, 1.54) is 0 Å². The molecule has 2 fully saturated rings. The summed E-state index contributed by atoms with van der Waals surface area (Å²) >= 11 is 0. The van der Waals surface area contributed by atoms with E-state index in [0.29, 0.717) is 19.1 Å². The van der Waals surface area contributed by atoms with Gasteiger partial charge in [-0.25, -0.2) is 0 Å². The molecule has 5 heteroatoms. The van der Waals surface area contributed by atoms with Gasteiger partial charge in [-0.3, -0.25) is 4.79 Å². The minimum atomic E-state index is -0.712. The van der Waals surface area contributed by atoms with Gasteiger partial charge in [-0.1, -0.05) is 0 Å². The van der Waals surface area contributed by atoms with E-state index in [0.717, 1.165) is 39.0 Å². The first-order chi connectivity index (χ1) is 8.61. The normalized spacial score (nSPS) is 32.2. The molecule has 2 atom stereocenters. The zero-order chi connectivity index (χ0) is 13.0. The second kappa shape index (κ2) is 5.99. The standard InChI is InChI=1S/C13H23NO4/c1-14(6-2-3-12(15)16)11-4-7-18-13(9-11)5-8-17-10-13/h11H,2-10H2,1H3,(H,15,16). The first-order valence-electron chi connectivity index (χ1n) is 6.75. The van der Waals surface area contributed by atoms with Crippen molar-refractivity contribution in [3.05, 3.63) is 0 Å². The molecule has 104 valence electrons. The largest absolute Gasteiger partial charge is 0.481 e. The van der Waals surface area contributed by atoms with Gasteiger partial charge in [0.15, 0.2) is 0 Å². The van der Waals surface area contributed by atoms with E-state index < -0.39 is 5.97 Å². The quantitative estimate of drug-likeness (QED) is 0.800. The molecule has 0 saturated carbocycles. The lowest BCUT2D eigenvalue weighted by molar-refractivity contribution is -0.137. The number of rotatable bonds is 5. The van der Waals surface area contributed by atoms with E-state index in [-0.39, 0.29) is 12.0 Å². The molecular formula is C13H23NO4. The average molecular weight is 257 g/mol. The van der Waals surface area contributed by atoms with Crippen LogP contribution in [0.3, 0.4) is 0 Å². The number of nitrogens with zero attached hydrogens (tertiary/aromatic N) is 1. The molecule has 5 nitrogen and oxygen atoms in total. The molecule has 2 rings (SSSR count). The van der Waals surface area contributed by atoms with Crippen molar-refractivity contribution in [3.8, 4) is 0 Å². The van der Waals surface area contributed by atoms with Gasteiger partial charge >= 0.3 is 5.97 Å². The second-order valence-electron chi connectivity index (χ2n) is 5.46. The molecule has 0 aromatic carbocycles. The van der Waals surface area contributed by atoms with Gasteiger partial charge in [0.2, 0.25) is 0 Å². The van der Waals surface area contributed by atoms with Crippen molar-refractivity contribution in [2.75, 3.05) is 33.4 Å². The molecule has 2 aliphatic heterocycles. The van der Waals surface area contributed by atoms with Crippen LogP contribution in [0.25, 0.3) is 0 Å². The van der Waals surface area contributed by atoms with Crippen LogP contribution in [0.5, 0.6) is 0 Å². The van der Waals surface area contributed by atoms with Crippen LogP contribution in [0.1, 0.15) is 32.1 Å². The Kier molecular flexibility index (Phi) is 4.59. The Hall–Kier alpha value is -0.650. The maximum absolute atomic E-state index is 10.5. The molecule has 0 amide bonds. The lowest BCUT2D eigenvalue weighted by Gasteiger charge is -2.41. The summed E-state index contributed by atoms with van der Waals surface area (Å²) in [6, 6.07) is 0.495. The fourth-order valence-corrected chi connectivity index (χ4v) is 2.90. The Balaban J connectivity index is 1.79. The highest BCUT2D eigenvalue weighted by atomic mass is 16.6. The van der Waals surface area contributed by atoms with Crippen molar-refractivity contribution in [2.45, 2.75) is 43.7 Å². The van der Waals surface area contributed by atoms with Crippen molar-refractivity contribution < 1.29 is 19.4 Å². The van der Waals surface area contributed by atoms with E-state index in [4.69, 9.17) is 14.6 Å². The van der Waals surface area contributed by atoms with E-state index in [2.05, 4.69) is 11.9 Å². The molecule has 18 heavy (non-hydrogen) atoms. The topological polar surface area (TPSA) is 59.0 Å². The molecule has 0 radical (unpaired) electrons. The average Bonchev–Trinajstić information content (AvgIpc) is 2.76. The van der Waals surface area contributed by atoms with Crippen molar-refractivity contribution in [1.29, 1.82) is 0 Å². The minimum absolute atomic E-state index is 0.0655. The number of carboxylic acid groups (broad SMARTS) is 1. The lowest BCUT2D eigenvalue weighted by Crippen LogP contribution is -2.48. The van der Waals surface area contributed by atoms with Gasteiger partial charge < -0.3 is 19.5 Å². The summed E-state index contributed by atoms with van der Waals surface area (Å²) in [6.07, 6.45) is 4.00. The molecule has 0 aliphatic carbocycles. The van der Waals surface area contributed by atoms with Gasteiger partial charge in [-0.05, 0) is 32.9 Å². The third-order valence-corrected chi connectivity index (χ3v) is 4.06. The third kappa shape index (κ3) is 3.43. The van der Waals surface area contributed by atoms with Crippen LogP contribution < -0.4 is 0 Å².